The van der Waals surface area contributed by atoms with E-state index in [1.54, 1.807) is 18.2 Å². The van der Waals surface area contributed by atoms with Crippen LogP contribution in [0.1, 0.15) is 39.3 Å². The van der Waals surface area contributed by atoms with Crippen LogP contribution in [0.4, 0.5) is 4.39 Å². The molecule has 0 aliphatic carbocycles. The standard InChI is InChI=1S/C13H19ClFN/c1-8(2)13(16-9(3)4)10-6-5-7-11(14)12(10)15/h5-9,13,16H,1-4H3. The van der Waals surface area contributed by atoms with Gasteiger partial charge in [-0.3, -0.25) is 0 Å². The van der Waals surface area contributed by atoms with Crippen molar-refractivity contribution in [3.8, 4) is 0 Å². The fourth-order valence-corrected chi connectivity index (χ4v) is 1.94. The number of benzene rings is 1. The first-order valence-corrected chi connectivity index (χ1v) is 6.01. The predicted octanol–water partition coefficient (Wildman–Crippen LogP) is 4.17. The molecule has 1 aromatic carbocycles. The van der Waals surface area contributed by atoms with Crippen molar-refractivity contribution in [2.45, 2.75) is 39.8 Å². The molecule has 0 saturated carbocycles. The van der Waals surface area contributed by atoms with Gasteiger partial charge in [-0.2, -0.15) is 0 Å². The lowest BCUT2D eigenvalue weighted by atomic mass is 9.95. The van der Waals surface area contributed by atoms with Crippen molar-refractivity contribution in [2.24, 2.45) is 5.92 Å². The summed E-state index contributed by atoms with van der Waals surface area (Å²) in [6.07, 6.45) is 0. The first kappa shape index (κ1) is 13.5. The van der Waals surface area contributed by atoms with Gasteiger partial charge in [0.15, 0.2) is 0 Å². The Balaban J connectivity index is 3.06. The molecule has 1 atom stereocenters. The highest BCUT2D eigenvalue weighted by atomic mass is 35.5. The summed E-state index contributed by atoms with van der Waals surface area (Å²) in [7, 11) is 0. The molecule has 0 heterocycles. The van der Waals surface area contributed by atoms with Gasteiger partial charge in [-0.05, 0) is 12.0 Å². The fraction of sp³-hybridized carbons (Fsp3) is 0.538. The van der Waals surface area contributed by atoms with Crippen LogP contribution in [0.3, 0.4) is 0 Å². The lowest BCUT2D eigenvalue weighted by Crippen LogP contribution is -2.32. The number of hydrogen-bond acceptors (Lipinski definition) is 1. The number of nitrogens with one attached hydrogen (secondary N) is 1. The molecule has 3 heteroatoms. The maximum atomic E-state index is 13.9. The molecule has 0 saturated heterocycles. The fourth-order valence-electron chi connectivity index (χ4n) is 1.76. The largest absolute Gasteiger partial charge is 0.307 e. The third-order valence-electron chi connectivity index (χ3n) is 2.50. The van der Waals surface area contributed by atoms with Gasteiger partial charge in [0, 0.05) is 17.6 Å². The van der Waals surface area contributed by atoms with E-state index in [4.69, 9.17) is 11.6 Å². The van der Waals surface area contributed by atoms with E-state index in [0.29, 0.717) is 17.5 Å². The first-order valence-electron chi connectivity index (χ1n) is 5.63. The highest BCUT2D eigenvalue weighted by Gasteiger charge is 2.20. The summed E-state index contributed by atoms with van der Waals surface area (Å²) in [6.45, 7) is 8.25. The van der Waals surface area contributed by atoms with Crippen LogP contribution < -0.4 is 5.32 Å². The highest BCUT2D eigenvalue weighted by molar-refractivity contribution is 6.30. The summed E-state index contributed by atoms with van der Waals surface area (Å²) in [5, 5.41) is 3.55. The molecule has 16 heavy (non-hydrogen) atoms. The van der Waals surface area contributed by atoms with Gasteiger partial charge in [0.25, 0.3) is 0 Å². The lowest BCUT2D eigenvalue weighted by molar-refractivity contribution is 0.369. The van der Waals surface area contributed by atoms with Crippen molar-refractivity contribution in [3.05, 3.63) is 34.6 Å². The minimum Gasteiger partial charge on any atom is -0.307 e. The Hall–Kier alpha value is -0.600. The van der Waals surface area contributed by atoms with Gasteiger partial charge in [-0.1, -0.05) is 51.4 Å². The molecule has 0 spiro atoms. The van der Waals surface area contributed by atoms with Crippen LogP contribution in [0.25, 0.3) is 0 Å². The Morgan fingerprint density at radius 3 is 2.31 bits per heavy atom. The van der Waals surface area contributed by atoms with Gasteiger partial charge in [-0.25, -0.2) is 4.39 Å². The Morgan fingerprint density at radius 1 is 1.19 bits per heavy atom. The summed E-state index contributed by atoms with van der Waals surface area (Å²) in [4.78, 5) is 0. The van der Waals surface area contributed by atoms with Gasteiger partial charge in [0.05, 0.1) is 5.02 Å². The Bertz CT molecular complexity index is 350. The molecule has 0 amide bonds. The maximum Gasteiger partial charge on any atom is 0.146 e. The van der Waals surface area contributed by atoms with E-state index < -0.39 is 0 Å². The second kappa shape index (κ2) is 5.65. The summed E-state index contributed by atoms with van der Waals surface area (Å²) in [5.74, 6) is 0.00591. The SMILES string of the molecule is CC(C)NC(c1cccc(Cl)c1F)C(C)C. The number of hydrogen-bond donors (Lipinski definition) is 1. The molecule has 1 nitrogen and oxygen atoms in total. The zero-order valence-corrected chi connectivity index (χ0v) is 11.0. The van der Waals surface area contributed by atoms with Gasteiger partial charge in [-0.15, -0.1) is 0 Å². The Morgan fingerprint density at radius 2 is 1.81 bits per heavy atom. The van der Waals surface area contributed by atoms with E-state index in [1.165, 1.54) is 0 Å². The van der Waals surface area contributed by atoms with E-state index in [2.05, 4.69) is 33.0 Å². The van der Waals surface area contributed by atoms with E-state index in [-0.39, 0.29) is 16.9 Å². The van der Waals surface area contributed by atoms with Crippen LogP contribution >= 0.6 is 11.6 Å². The predicted molar refractivity (Wildman–Crippen MR) is 67.3 cm³/mol. The maximum absolute atomic E-state index is 13.9. The van der Waals surface area contributed by atoms with Gasteiger partial charge in [0.1, 0.15) is 5.82 Å². The summed E-state index contributed by atoms with van der Waals surface area (Å²) < 4.78 is 13.9. The monoisotopic (exact) mass is 243 g/mol. The second-order valence-electron chi connectivity index (χ2n) is 4.69. The minimum atomic E-state index is -0.309. The van der Waals surface area contributed by atoms with Crippen molar-refractivity contribution >= 4 is 11.6 Å². The quantitative estimate of drug-likeness (QED) is 0.837. The molecule has 1 aromatic rings. The zero-order valence-electron chi connectivity index (χ0n) is 10.2. The molecule has 90 valence electrons. The van der Waals surface area contributed by atoms with Gasteiger partial charge >= 0.3 is 0 Å². The molecule has 0 radical (unpaired) electrons. The van der Waals surface area contributed by atoms with E-state index in [1.807, 2.05) is 0 Å². The van der Waals surface area contributed by atoms with Crippen LogP contribution in [-0.4, -0.2) is 6.04 Å². The third kappa shape index (κ3) is 3.19. The number of halogens is 2. The lowest BCUT2D eigenvalue weighted by Gasteiger charge is -2.25. The van der Waals surface area contributed by atoms with Gasteiger partial charge in [0.2, 0.25) is 0 Å². The molecule has 1 N–H and O–H groups in total. The van der Waals surface area contributed by atoms with E-state index >= 15 is 0 Å². The van der Waals surface area contributed by atoms with Crippen LogP contribution in [-0.2, 0) is 0 Å². The topological polar surface area (TPSA) is 12.0 Å². The number of rotatable bonds is 4. The van der Waals surface area contributed by atoms with Crippen LogP contribution in [0.2, 0.25) is 5.02 Å². The normalized spacial score (nSPS) is 13.5. The minimum absolute atomic E-state index is 0.00120. The molecule has 0 bridgehead atoms. The average Bonchev–Trinajstić information content (AvgIpc) is 2.18. The van der Waals surface area contributed by atoms with Crippen LogP contribution in [0.5, 0.6) is 0 Å². The third-order valence-corrected chi connectivity index (χ3v) is 2.79. The smallest absolute Gasteiger partial charge is 0.146 e. The molecule has 0 fully saturated rings. The molecular formula is C13H19ClFN. The van der Waals surface area contributed by atoms with Crippen molar-refractivity contribution < 1.29 is 4.39 Å². The van der Waals surface area contributed by atoms with E-state index in [0.717, 1.165) is 0 Å². The van der Waals surface area contributed by atoms with Crippen molar-refractivity contribution in [1.29, 1.82) is 0 Å². The Labute approximate surface area is 102 Å². The summed E-state index contributed by atoms with van der Waals surface area (Å²) in [5.41, 5.74) is 0.649. The van der Waals surface area contributed by atoms with Crippen molar-refractivity contribution in [2.75, 3.05) is 0 Å². The van der Waals surface area contributed by atoms with Crippen molar-refractivity contribution in [3.63, 3.8) is 0 Å². The molecule has 1 rings (SSSR count). The second-order valence-corrected chi connectivity index (χ2v) is 5.09. The van der Waals surface area contributed by atoms with E-state index in [9.17, 15) is 4.39 Å². The Kier molecular flexibility index (Phi) is 4.75. The first-order chi connectivity index (χ1) is 7.43. The molecule has 0 aliphatic rings. The molecule has 1 unspecified atom stereocenters. The van der Waals surface area contributed by atoms with Crippen molar-refractivity contribution in [1.82, 2.24) is 5.32 Å². The molecule has 0 aromatic heterocycles. The average molecular weight is 244 g/mol. The summed E-state index contributed by atoms with van der Waals surface area (Å²) in [6, 6.07) is 5.47. The van der Waals surface area contributed by atoms with Gasteiger partial charge < -0.3 is 5.32 Å². The zero-order chi connectivity index (χ0) is 12.3. The van der Waals surface area contributed by atoms with Crippen LogP contribution in [0.15, 0.2) is 18.2 Å². The molecule has 0 aliphatic heterocycles. The van der Waals surface area contributed by atoms with Crippen LogP contribution in [0, 0.1) is 11.7 Å². The molecular weight excluding hydrogens is 225 g/mol. The summed E-state index contributed by atoms with van der Waals surface area (Å²) >= 11 is 5.80. The highest BCUT2D eigenvalue weighted by Crippen LogP contribution is 2.28.